The van der Waals surface area contributed by atoms with Crippen LogP contribution in [0.25, 0.3) is 0 Å². The van der Waals surface area contributed by atoms with Gasteiger partial charge in [0.15, 0.2) is 0 Å². The van der Waals surface area contributed by atoms with Gasteiger partial charge in [-0.2, -0.15) is 0 Å². The first-order valence-electron chi connectivity index (χ1n) is 8.02. The quantitative estimate of drug-likeness (QED) is 0.590. The summed E-state index contributed by atoms with van der Waals surface area (Å²) in [5.74, 6) is 0. The molecular formula is C16H33NO4. The van der Waals surface area contributed by atoms with E-state index < -0.39 is 0 Å². The van der Waals surface area contributed by atoms with E-state index in [1.807, 2.05) is 7.05 Å². The van der Waals surface area contributed by atoms with Crippen molar-refractivity contribution >= 4 is 0 Å². The predicted molar refractivity (Wildman–Crippen MR) is 83.7 cm³/mol. The zero-order valence-electron chi connectivity index (χ0n) is 14.2. The van der Waals surface area contributed by atoms with Crippen LogP contribution in [0.5, 0.6) is 0 Å². The van der Waals surface area contributed by atoms with Gasteiger partial charge in [-0.05, 0) is 31.7 Å². The van der Waals surface area contributed by atoms with E-state index >= 15 is 0 Å². The molecular weight excluding hydrogens is 270 g/mol. The fourth-order valence-corrected chi connectivity index (χ4v) is 2.75. The normalized spacial score (nSPS) is 25.1. The number of rotatable bonds is 11. The first-order valence-corrected chi connectivity index (χ1v) is 8.02. The lowest BCUT2D eigenvalue weighted by atomic mass is 9.74. The summed E-state index contributed by atoms with van der Waals surface area (Å²) in [5, 5.41) is 3.37. The van der Waals surface area contributed by atoms with Crippen molar-refractivity contribution in [1.82, 2.24) is 5.32 Å². The molecule has 0 heterocycles. The van der Waals surface area contributed by atoms with Crippen LogP contribution in [-0.4, -0.2) is 65.9 Å². The van der Waals surface area contributed by atoms with Gasteiger partial charge >= 0.3 is 0 Å². The summed E-state index contributed by atoms with van der Waals surface area (Å²) in [7, 11) is 3.69. The van der Waals surface area contributed by atoms with Crippen LogP contribution in [0, 0.1) is 5.41 Å². The minimum absolute atomic E-state index is 0.292. The number of hydrogen-bond acceptors (Lipinski definition) is 5. The number of methoxy groups -OCH3 is 1. The summed E-state index contributed by atoms with van der Waals surface area (Å²) < 4.78 is 21.8. The number of ether oxygens (including phenoxy) is 4. The van der Waals surface area contributed by atoms with Gasteiger partial charge in [-0.15, -0.1) is 0 Å². The van der Waals surface area contributed by atoms with Gasteiger partial charge in [-0.1, -0.05) is 13.8 Å². The van der Waals surface area contributed by atoms with Crippen molar-refractivity contribution in [2.24, 2.45) is 5.41 Å². The van der Waals surface area contributed by atoms with Crippen LogP contribution in [-0.2, 0) is 18.9 Å². The summed E-state index contributed by atoms with van der Waals surface area (Å²) in [4.78, 5) is 0. The average molecular weight is 303 g/mol. The van der Waals surface area contributed by atoms with Crippen LogP contribution in [0.3, 0.4) is 0 Å². The zero-order valence-corrected chi connectivity index (χ0v) is 14.2. The Bertz CT molecular complexity index is 261. The molecule has 0 aromatic carbocycles. The molecule has 1 saturated carbocycles. The Hall–Kier alpha value is -0.200. The largest absolute Gasteiger partial charge is 0.382 e. The second kappa shape index (κ2) is 10.5. The molecule has 0 saturated heterocycles. The van der Waals surface area contributed by atoms with E-state index in [4.69, 9.17) is 18.9 Å². The van der Waals surface area contributed by atoms with E-state index in [-0.39, 0.29) is 0 Å². The summed E-state index contributed by atoms with van der Waals surface area (Å²) in [6.07, 6.45) is 3.84. The molecule has 0 aromatic heterocycles. The topological polar surface area (TPSA) is 49.0 Å². The Morgan fingerprint density at radius 3 is 2.24 bits per heavy atom. The SMILES string of the molecule is CNC1CCC(C)(C)CC1OCCOCCOCCOC. The molecule has 5 nitrogen and oxygen atoms in total. The molecule has 0 amide bonds. The fraction of sp³-hybridized carbons (Fsp3) is 1.00. The van der Waals surface area contributed by atoms with Crippen molar-refractivity contribution < 1.29 is 18.9 Å². The van der Waals surface area contributed by atoms with E-state index in [9.17, 15) is 0 Å². The number of likely N-dealkylation sites (N-methyl/N-ethyl adjacent to an activating group) is 1. The molecule has 0 aromatic rings. The highest BCUT2D eigenvalue weighted by Crippen LogP contribution is 2.36. The Morgan fingerprint density at radius 1 is 1.00 bits per heavy atom. The van der Waals surface area contributed by atoms with Crippen LogP contribution in [0.1, 0.15) is 33.1 Å². The van der Waals surface area contributed by atoms with Crippen LogP contribution < -0.4 is 5.32 Å². The minimum atomic E-state index is 0.292. The maximum Gasteiger partial charge on any atom is 0.0734 e. The molecule has 126 valence electrons. The molecule has 1 fully saturated rings. The first kappa shape index (κ1) is 18.8. The summed E-state index contributed by atoms with van der Waals surface area (Å²) >= 11 is 0. The van der Waals surface area contributed by atoms with Crippen molar-refractivity contribution in [1.29, 1.82) is 0 Å². The van der Waals surface area contributed by atoms with Gasteiger partial charge in [0, 0.05) is 13.2 Å². The number of hydrogen-bond donors (Lipinski definition) is 1. The third-order valence-electron chi connectivity index (χ3n) is 4.07. The van der Waals surface area contributed by atoms with Gasteiger partial charge in [0.2, 0.25) is 0 Å². The van der Waals surface area contributed by atoms with Crippen molar-refractivity contribution in [3.63, 3.8) is 0 Å². The van der Waals surface area contributed by atoms with Crippen LogP contribution >= 0.6 is 0 Å². The molecule has 2 unspecified atom stereocenters. The number of nitrogens with one attached hydrogen (secondary N) is 1. The Labute approximate surface area is 129 Å². The Balaban J connectivity index is 2.05. The van der Waals surface area contributed by atoms with E-state index in [0.29, 0.717) is 57.2 Å². The molecule has 21 heavy (non-hydrogen) atoms. The third-order valence-corrected chi connectivity index (χ3v) is 4.07. The molecule has 0 spiro atoms. The van der Waals surface area contributed by atoms with E-state index in [1.54, 1.807) is 7.11 Å². The maximum atomic E-state index is 6.02. The van der Waals surface area contributed by atoms with Crippen molar-refractivity contribution in [2.75, 3.05) is 53.8 Å². The second-order valence-corrected chi connectivity index (χ2v) is 6.43. The maximum absolute atomic E-state index is 6.02. The Morgan fingerprint density at radius 2 is 1.62 bits per heavy atom. The second-order valence-electron chi connectivity index (χ2n) is 6.43. The fourth-order valence-electron chi connectivity index (χ4n) is 2.75. The van der Waals surface area contributed by atoms with Crippen LogP contribution in [0.2, 0.25) is 0 Å². The highest BCUT2D eigenvalue weighted by Gasteiger charge is 2.34. The Kier molecular flexibility index (Phi) is 9.44. The lowest BCUT2D eigenvalue weighted by molar-refractivity contribution is -0.0540. The molecule has 0 radical (unpaired) electrons. The summed E-state index contributed by atoms with van der Waals surface area (Å²) in [5.41, 5.74) is 0.383. The van der Waals surface area contributed by atoms with Gasteiger partial charge < -0.3 is 24.3 Å². The van der Waals surface area contributed by atoms with Gasteiger partial charge in [0.25, 0.3) is 0 Å². The summed E-state index contributed by atoms with van der Waals surface area (Å²) in [6, 6.07) is 0.468. The van der Waals surface area contributed by atoms with Crippen LogP contribution in [0.4, 0.5) is 0 Å². The molecule has 0 aliphatic heterocycles. The summed E-state index contributed by atoms with van der Waals surface area (Å²) in [6.45, 7) is 8.39. The molecule has 0 bridgehead atoms. The molecule has 1 aliphatic carbocycles. The molecule has 2 atom stereocenters. The van der Waals surface area contributed by atoms with E-state index in [0.717, 1.165) is 6.42 Å². The highest BCUT2D eigenvalue weighted by atomic mass is 16.6. The minimum Gasteiger partial charge on any atom is -0.382 e. The lowest BCUT2D eigenvalue weighted by Gasteiger charge is -2.40. The van der Waals surface area contributed by atoms with E-state index in [2.05, 4.69) is 19.2 Å². The smallest absolute Gasteiger partial charge is 0.0734 e. The molecule has 1 rings (SSSR count). The standard InChI is InChI=1S/C16H33NO4/c1-16(2)6-5-14(17-3)15(13-16)21-12-11-20-10-9-19-8-7-18-4/h14-15,17H,5-13H2,1-4H3. The van der Waals surface area contributed by atoms with Gasteiger partial charge in [-0.3, -0.25) is 0 Å². The van der Waals surface area contributed by atoms with Gasteiger partial charge in [0.1, 0.15) is 0 Å². The van der Waals surface area contributed by atoms with Crippen molar-refractivity contribution in [2.45, 2.75) is 45.3 Å². The van der Waals surface area contributed by atoms with Gasteiger partial charge in [0.05, 0.1) is 45.7 Å². The molecule has 1 N–H and O–H groups in total. The monoisotopic (exact) mass is 303 g/mol. The highest BCUT2D eigenvalue weighted by molar-refractivity contribution is 4.89. The zero-order chi connectivity index (χ0) is 15.6. The van der Waals surface area contributed by atoms with Gasteiger partial charge in [-0.25, -0.2) is 0 Å². The average Bonchev–Trinajstić information content (AvgIpc) is 2.45. The van der Waals surface area contributed by atoms with Crippen molar-refractivity contribution in [3.05, 3.63) is 0 Å². The predicted octanol–water partition coefficient (Wildman–Crippen LogP) is 1.85. The first-order chi connectivity index (χ1) is 10.1. The molecule has 1 aliphatic rings. The van der Waals surface area contributed by atoms with Crippen LogP contribution in [0.15, 0.2) is 0 Å². The molecule has 5 heteroatoms. The lowest BCUT2D eigenvalue weighted by Crippen LogP contribution is -2.46. The van der Waals surface area contributed by atoms with E-state index in [1.165, 1.54) is 12.8 Å². The van der Waals surface area contributed by atoms with Crippen molar-refractivity contribution in [3.8, 4) is 0 Å². The third kappa shape index (κ3) is 8.12.